The molecule has 0 radical (unpaired) electrons. The van der Waals surface area contributed by atoms with E-state index in [-0.39, 0.29) is 30.7 Å². The van der Waals surface area contributed by atoms with Crippen LogP contribution in [0.3, 0.4) is 0 Å². The van der Waals surface area contributed by atoms with Crippen molar-refractivity contribution in [1.82, 2.24) is 10.2 Å². The number of hydrogen-bond donors (Lipinski definition) is 2. The number of rotatable bonds is 6. The van der Waals surface area contributed by atoms with Gasteiger partial charge in [0, 0.05) is 6.04 Å². The first kappa shape index (κ1) is 20.2. The van der Waals surface area contributed by atoms with E-state index < -0.39 is 17.6 Å². The molecular formula is C18H24F3N3O2. The largest absolute Gasteiger partial charge is 0.418 e. The first-order valence-corrected chi connectivity index (χ1v) is 8.69. The molecule has 2 amide bonds. The second-order valence-corrected chi connectivity index (χ2v) is 6.67. The summed E-state index contributed by atoms with van der Waals surface area (Å²) >= 11 is 0. The minimum atomic E-state index is -4.55. The van der Waals surface area contributed by atoms with Crippen molar-refractivity contribution in [3.8, 4) is 0 Å². The number of nitrogens with one attached hydrogen (secondary N) is 2. The number of para-hydroxylation sites is 1. The van der Waals surface area contributed by atoms with Gasteiger partial charge < -0.3 is 10.6 Å². The Morgan fingerprint density at radius 3 is 2.35 bits per heavy atom. The van der Waals surface area contributed by atoms with Crippen molar-refractivity contribution in [3.63, 3.8) is 0 Å². The van der Waals surface area contributed by atoms with Gasteiger partial charge in [-0.1, -0.05) is 31.4 Å². The zero-order valence-electron chi connectivity index (χ0n) is 14.7. The van der Waals surface area contributed by atoms with Gasteiger partial charge in [0.2, 0.25) is 11.8 Å². The Kier molecular flexibility index (Phi) is 7.02. The lowest BCUT2D eigenvalue weighted by molar-refractivity contribution is -0.137. The zero-order chi connectivity index (χ0) is 19.2. The molecule has 1 fully saturated rings. The van der Waals surface area contributed by atoms with E-state index in [4.69, 9.17) is 0 Å². The second kappa shape index (κ2) is 9.02. The predicted molar refractivity (Wildman–Crippen MR) is 92.6 cm³/mol. The molecule has 1 aliphatic rings. The van der Waals surface area contributed by atoms with Gasteiger partial charge in [-0.05, 0) is 32.0 Å². The number of halogens is 3. The predicted octanol–water partition coefficient (Wildman–Crippen LogP) is 3.02. The molecule has 0 heterocycles. The number of amides is 2. The van der Waals surface area contributed by atoms with Crippen LogP contribution in [-0.4, -0.2) is 42.9 Å². The van der Waals surface area contributed by atoms with Gasteiger partial charge in [0.15, 0.2) is 0 Å². The highest BCUT2D eigenvalue weighted by Crippen LogP contribution is 2.34. The van der Waals surface area contributed by atoms with Crippen molar-refractivity contribution in [3.05, 3.63) is 29.8 Å². The summed E-state index contributed by atoms with van der Waals surface area (Å²) in [5.74, 6) is -0.780. The SMILES string of the molecule is CN(CC(=O)Nc1ccccc1C(F)(F)F)CC(=O)NC1CCCCC1. The van der Waals surface area contributed by atoms with Crippen LogP contribution in [0.1, 0.15) is 37.7 Å². The maximum atomic E-state index is 12.9. The van der Waals surface area contributed by atoms with E-state index in [9.17, 15) is 22.8 Å². The molecule has 1 aromatic rings. The lowest BCUT2D eigenvalue weighted by atomic mass is 9.95. The fourth-order valence-corrected chi connectivity index (χ4v) is 3.10. The van der Waals surface area contributed by atoms with E-state index in [0.29, 0.717) is 0 Å². The van der Waals surface area contributed by atoms with Crippen molar-refractivity contribution < 1.29 is 22.8 Å². The third-order valence-electron chi connectivity index (χ3n) is 4.30. The van der Waals surface area contributed by atoms with E-state index in [1.807, 2.05) is 0 Å². The fourth-order valence-electron chi connectivity index (χ4n) is 3.10. The summed E-state index contributed by atoms with van der Waals surface area (Å²) in [5.41, 5.74) is -1.18. The molecule has 0 aliphatic heterocycles. The van der Waals surface area contributed by atoms with Crippen molar-refractivity contribution in [2.24, 2.45) is 0 Å². The molecule has 0 spiro atoms. The number of carbonyl (C=O) groups is 2. The number of benzene rings is 1. The minimum absolute atomic E-state index is 0.0187. The van der Waals surface area contributed by atoms with Gasteiger partial charge in [0.05, 0.1) is 24.3 Å². The fraction of sp³-hybridized carbons (Fsp3) is 0.556. The van der Waals surface area contributed by atoms with Crippen LogP contribution in [0.15, 0.2) is 24.3 Å². The Hall–Kier alpha value is -2.09. The summed E-state index contributed by atoms with van der Waals surface area (Å²) in [5, 5.41) is 5.21. The van der Waals surface area contributed by atoms with E-state index in [0.717, 1.165) is 31.7 Å². The Bertz CT molecular complexity index is 628. The zero-order valence-corrected chi connectivity index (χ0v) is 14.7. The van der Waals surface area contributed by atoms with Crippen LogP contribution in [-0.2, 0) is 15.8 Å². The standard InChI is InChI=1S/C18H24F3N3O2/c1-24(11-16(25)22-13-7-3-2-4-8-13)12-17(26)23-15-10-6-5-9-14(15)18(19,20)21/h5-6,9-10,13H,2-4,7-8,11-12H2,1H3,(H,22,25)(H,23,26). The van der Waals surface area contributed by atoms with Crippen molar-refractivity contribution in [1.29, 1.82) is 0 Å². The van der Waals surface area contributed by atoms with E-state index in [2.05, 4.69) is 10.6 Å². The van der Waals surface area contributed by atoms with Crippen LogP contribution in [0.5, 0.6) is 0 Å². The summed E-state index contributed by atoms with van der Waals surface area (Å²) < 4.78 is 38.8. The van der Waals surface area contributed by atoms with Gasteiger partial charge >= 0.3 is 6.18 Å². The Morgan fingerprint density at radius 2 is 1.69 bits per heavy atom. The molecule has 0 aromatic heterocycles. The Morgan fingerprint density at radius 1 is 1.08 bits per heavy atom. The van der Waals surface area contributed by atoms with Gasteiger partial charge in [0.1, 0.15) is 0 Å². The smallest absolute Gasteiger partial charge is 0.352 e. The first-order chi connectivity index (χ1) is 12.3. The molecule has 0 atom stereocenters. The number of alkyl halides is 3. The Balaban J connectivity index is 1.83. The topological polar surface area (TPSA) is 61.4 Å². The number of carbonyl (C=O) groups excluding carboxylic acids is 2. The average Bonchev–Trinajstić information content (AvgIpc) is 2.54. The summed E-state index contributed by atoms with van der Waals surface area (Å²) in [6, 6.07) is 4.98. The number of likely N-dealkylation sites (N-methyl/N-ethyl adjacent to an activating group) is 1. The number of anilines is 1. The molecule has 0 bridgehead atoms. The molecular weight excluding hydrogens is 347 g/mol. The molecule has 2 N–H and O–H groups in total. The molecule has 2 rings (SSSR count). The molecule has 26 heavy (non-hydrogen) atoms. The van der Waals surface area contributed by atoms with Crippen LogP contribution in [0.4, 0.5) is 18.9 Å². The third kappa shape index (κ3) is 6.33. The molecule has 144 valence electrons. The maximum Gasteiger partial charge on any atom is 0.418 e. The molecule has 1 aromatic carbocycles. The van der Waals surface area contributed by atoms with Crippen molar-refractivity contribution >= 4 is 17.5 Å². The lowest BCUT2D eigenvalue weighted by Crippen LogP contribution is -2.43. The highest BCUT2D eigenvalue weighted by molar-refractivity contribution is 5.93. The van der Waals surface area contributed by atoms with E-state index in [1.54, 1.807) is 7.05 Å². The molecule has 5 nitrogen and oxygen atoms in total. The van der Waals surface area contributed by atoms with E-state index in [1.165, 1.54) is 29.5 Å². The second-order valence-electron chi connectivity index (χ2n) is 6.67. The monoisotopic (exact) mass is 371 g/mol. The van der Waals surface area contributed by atoms with Crippen LogP contribution in [0, 0.1) is 0 Å². The maximum absolute atomic E-state index is 12.9. The summed E-state index contributed by atoms with van der Waals surface area (Å²) in [6.45, 7) is -0.158. The molecule has 0 unspecified atom stereocenters. The lowest BCUT2D eigenvalue weighted by Gasteiger charge is -2.24. The first-order valence-electron chi connectivity index (χ1n) is 8.69. The van der Waals surface area contributed by atoms with Crippen LogP contribution >= 0.6 is 0 Å². The molecule has 1 saturated carbocycles. The van der Waals surface area contributed by atoms with Crippen molar-refractivity contribution in [2.45, 2.75) is 44.3 Å². The van der Waals surface area contributed by atoms with Crippen molar-refractivity contribution in [2.75, 3.05) is 25.5 Å². The number of hydrogen-bond acceptors (Lipinski definition) is 3. The third-order valence-corrected chi connectivity index (χ3v) is 4.30. The Labute approximate surface area is 150 Å². The van der Waals surface area contributed by atoms with Gasteiger partial charge in [-0.25, -0.2) is 0 Å². The van der Waals surface area contributed by atoms with Gasteiger partial charge in [-0.2, -0.15) is 13.2 Å². The van der Waals surface area contributed by atoms with E-state index >= 15 is 0 Å². The quantitative estimate of drug-likeness (QED) is 0.808. The normalized spacial score (nSPS) is 15.7. The average molecular weight is 371 g/mol. The van der Waals surface area contributed by atoms with Gasteiger partial charge in [-0.15, -0.1) is 0 Å². The van der Waals surface area contributed by atoms with Crippen LogP contribution < -0.4 is 10.6 Å². The molecule has 1 aliphatic carbocycles. The summed E-state index contributed by atoms with van der Waals surface area (Å²) in [4.78, 5) is 25.5. The number of nitrogens with zero attached hydrogens (tertiary/aromatic N) is 1. The molecule has 0 saturated heterocycles. The van der Waals surface area contributed by atoms with Crippen LogP contribution in [0.25, 0.3) is 0 Å². The van der Waals surface area contributed by atoms with Gasteiger partial charge in [-0.3, -0.25) is 14.5 Å². The highest BCUT2D eigenvalue weighted by atomic mass is 19.4. The summed E-state index contributed by atoms with van der Waals surface area (Å²) in [6.07, 6.45) is 0.763. The minimum Gasteiger partial charge on any atom is -0.352 e. The highest BCUT2D eigenvalue weighted by Gasteiger charge is 2.33. The van der Waals surface area contributed by atoms with Gasteiger partial charge in [0.25, 0.3) is 0 Å². The summed E-state index contributed by atoms with van der Waals surface area (Å²) in [7, 11) is 1.58. The molecule has 8 heteroatoms. The van der Waals surface area contributed by atoms with Crippen LogP contribution in [0.2, 0.25) is 0 Å².